The van der Waals surface area contributed by atoms with Gasteiger partial charge in [-0.05, 0) is 6.07 Å². The number of aldehydes is 1. The Morgan fingerprint density at radius 2 is 2.00 bits per heavy atom. The molecule has 0 radical (unpaired) electrons. The van der Waals surface area contributed by atoms with E-state index in [9.17, 15) is 44.6 Å². The van der Waals surface area contributed by atoms with Crippen molar-refractivity contribution in [1.29, 1.82) is 0 Å². The number of nitrogen functional groups attached to an aromatic ring is 1. The minimum Gasteiger partial charge on any atom is -0.393 e. The summed E-state index contributed by atoms with van der Waals surface area (Å²) < 4.78 is 45.0. The van der Waals surface area contributed by atoms with E-state index in [0.717, 1.165) is 4.57 Å². The predicted molar refractivity (Wildman–Crippen MR) is 151 cm³/mol. The second-order valence-electron chi connectivity index (χ2n) is 10.3. The molecule has 0 saturated carbocycles. The molecule has 0 aliphatic carbocycles. The highest BCUT2D eigenvalue weighted by Crippen LogP contribution is 2.51. The molecule has 44 heavy (non-hydrogen) atoms. The number of methoxy groups -OCH3 is 1. The maximum Gasteiger partial charge on any atom is 0.475 e. The number of phosphoric acid groups is 1. The number of anilines is 1. The third-order valence-electron chi connectivity index (χ3n) is 7.09. The van der Waals surface area contributed by atoms with E-state index in [4.69, 9.17) is 33.7 Å². The number of ether oxygens (including phenoxy) is 4. The maximum absolute atomic E-state index is 12.9. The zero-order valence-electron chi connectivity index (χ0n) is 24.1. The van der Waals surface area contributed by atoms with E-state index in [1.165, 1.54) is 30.9 Å². The lowest BCUT2D eigenvalue weighted by Crippen LogP contribution is -2.58. The van der Waals surface area contributed by atoms with E-state index < -0.39 is 87.2 Å². The first-order valence-corrected chi connectivity index (χ1v) is 16.3. The van der Waals surface area contributed by atoms with Crippen molar-refractivity contribution in [2.45, 2.75) is 68.1 Å². The molecule has 3 heterocycles. The molecule has 18 nitrogen and oxygen atoms in total. The molecule has 1 aromatic heterocycles. The molecular weight excluding hydrogens is 633 g/mol. The molecule has 2 saturated heterocycles. The summed E-state index contributed by atoms with van der Waals surface area (Å²) in [6, 6.07) is 1.25. The van der Waals surface area contributed by atoms with Crippen molar-refractivity contribution >= 4 is 31.7 Å². The van der Waals surface area contributed by atoms with Crippen LogP contribution in [0, 0.1) is 5.92 Å². The first-order valence-electron chi connectivity index (χ1n) is 13.6. The van der Waals surface area contributed by atoms with Crippen LogP contribution in [-0.2, 0) is 37.4 Å². The molecule has 2 aliphatic rings. The number of aliphatic hydroxyl groups is 5. The van der Waals surface area contributed by atoms with Crippen molar-refractivity contribution in [3.8, 4) is 0 Å². The first-order chi connectivity index (χ1) is 20.7. The minimum absolute atomic E-state index is 0.0216. The molecule has 8 N–H and O–H groups in total. The quantitative estimate of drug-likeness (QED) is 0.0506. The van der Waals surface area contributed by atoms with Gasteiger partial charge < -0.3 is 55.1 Å². The molecule has 2 fully saturated rings. The Bertz CT molecular complexity index is 1180. The molecular formula is C24H40N3O15PS. The smallest absolute Gasteiger partial charge is 0.393 e. The molecule has 0 spiro atoms. The second-order valence-corrected chi connectivity index (χ2v) is 12.9. The van der Waals surface area contributed by atoms with Gasteiger partial charge >= 0.3 is 13.5 Å². The van der Waals surface area contributed by atoms with Gasteiger partial charge in [0.1, 0.15) is 30.2 Å². The topological polar surface area (TPSA) is 272 Å². The number of carbonyl (C=O) groups is 1. The van der Waals surface area contributed by atoms with Crippen LogP contribution >= 0.6 is 19.6 Å². The van der Waals surface area contributed by atoms with Gasteiger partial charge in [0.2, 0.25) is 5.79 Å². The van der Waals surface area contributed by atoms with Gasteiger partial charge in [-0.3, -0.25) is 13.9 Å². The molecule has 252 valence electrons. The Labute approximate surface area is 256 Å². The Morgan fingerprint density at radius 1 is 1.27 bits per heavy atom. The largest absolute Gasteiger partial charge is 0.475 e. The summed E-state index contributed by atoms with van der Waals surface area (Å²) in [5, 5.41) is 52.7. The van der Waals surface area contributed by atoms with E-state index in [1.54, 1.807) is 7.11 Å². The highest BCUT2D eigenvalue weighted by Gasteiger charge is 2.53. The van der Waals surface area contributed by atoms with Crippen LogP contribution in [0.1, 0.15) is 19.6 Å². The molecule has 3 rings (SSSR count). The number of carbonyl (C=O) groups excluding carboxylic acids is 1. The zero-order valence-corrected chi connectivity index (χ0v) is 25.8. The van der Waals surface area contributed by atoms with Crippen LogP contribution in [0.25, 0.3) is 0 Å². The van der Waals surface area contributed by atoms with E-state index in [1.807, 2.05) is 0 Å². The normalized spacial score (nSPS) is 33.5. The minimum atomic E-state index is -5.22. The summed E-state index contributed by atoms with van der Waals surface area (Å²) in [4.78, 5) is 38.2. The van der Waals surface area contributed by atoms with Crippen molar-refractivity contribution in [1.82, 2.24) is 9.55 Å². The fourth-order valence-corrected chi connectivity index (χ4v) is 6.39. The zero-order chi connectivity index (χ0) is 32.7. The summed E-state index contributed by atoms with van der Waals surface area (Å²) in [7, 11) is -3.67. The Morgan fingerprint density at radius 3 is 2.66 bits per heavy atom. The lowest BCUT2D eigenvalue weighted by atomic mass is 9.85. The average molecular weight is 674 g/mol. The molecule has 0 amide bonds. The number of phosphoric ester groups is 1. The summed E-state index contributed by atoms with van der Waals surface area (Å²) in [5.41, 5.74) is 4.56. The van der Waals surface area contributed by atoms with Crippen molar-refractivity contribution in [2.24, 2.45) is 5.92 Å². The van der Waals surface area contributed by atoms with Crippen molar-refractivity contribution in [3.63, 3.8) is 0 Å². The summed E-state index contributed by atoms with van der Waals surface area (Å²) >= 11 is 1.27. The van der Waals surface area contributed by atoms with Gasteiger partial charge in [0.15, 0.2) is 12.5 Å². The maximum atomic E-state index is 12.9. The molecule has 4 unspecified atom stereocenters. The number of aromatic nitrogens is 2. The van der Waals surface area contributed by atoms with Crippen LogP contribution < -0.4 is 11.4 Å². The van der Waals surface area contributed by atoms with Gasteiger partial charge in [0, 0.05) is 37.2 Å². The average Bonchev–Trinajstić information content (AvgIpc) is 3.25. The summed E-state index contributed by atoms with van der Waals surface area (Å²) in [6.07, 6.45) is -11.4. The summed E-state index contributed by atoms with van der Waals surface area (Å²) in [6.45, 7) is 1.85. The monoisotopic (exact) mass is 673 g/mol. The van der Waals surface area contributed by atoms with Crippen molar-refractivity contribution < 1.29 is 67.8 Å². The predicted octanol–water partition coefficient (Wildman–Crippen LogP) is -2.62. The molecule has 20 heteroatoms. The van der Waals surface area contributed by atoms with Gasteiger partial charge in [-0.2, -0.15) is 16.7 Å². The van der Waals surface area contributed by atoms with E-state index in [-0.39, 0.29) is 17.9 Å². The first kappa shape index (κ1) is 36.9. The molecule has 2 aliphatic heterocycles. The number of nitrogens with two attached hydrogens (primary N) is 1. The van der Waals surface area contributed by atoms with Crippen LogP contribution in [0.15, 0.2) is 17.1 Å². The van der Waals surface area contributed by atoms with Gasteiger partial charge in [-0.15, -0.1) is 0 Å². The highest BCUT2D eigenvalue weighted by molar-refractivity contribution is 7.99. The van der Waals surface area contributed by atoms with Crippen molar-refractivity contribution in [3.05, 3.63) is 22.7 Å². The number of nitrogens with zero attached hydrogens (tertiary/aromatic N) is 2. The van der Waals surface area contributed by atoms with Crippen LogP contribution in [0.5, 0.6) is 0 Å². The van der Waals surface area contributed by atoms with Crippen LogP contribution in [-0.4, -0.2) is 140 Å². The van der Waals surface area contributed by atoms with Gasteiger partial charge in [-0.1, -0.05) is 6.92 Å². The molecule has 11 atom stereocenters. The molecule has 0 aromatic carbocycles. The number of rotatable bonds is 17. The Kier molecular flexibility index (Phi) is 13.7. The van der Waals surface area contributed by atoms with Gasteiger partial charge in [-0.25, -0.2) is 13.9 Å². The van der Waals surface area contributed by atoms with E-state index in [2.05, 4.69) is 4.98 Å². The third kappa shape index (κ3) is 9.49. The number of aliphatic hydroxyl groups excluding tert-OH is 5. The fraction of sp³-hybridized carbons (Fsp3) is 0.792. The second kappa shape index (κ2) is 16.3. The number of hydrogen-bond donors (Lipinski definition) is 7. The Hall–Kier alpha value is -1.55. The number of thioether (sulfide) groups is 1. The fourth-order valence-electron chi connectivity index (χ4n) is 4.61. The number of hydrogen-bond acceptors (Lipinski definition) is 17. The molecule has 0 bridgehead atoms. The van der Waals surface area contributed by atoms with E-state index >= 15 is 0 Å². The van der Waals surface area contributed by atoms with Crippen LogP contribution in [0.4, 0.5) is 5.82 Å². The van der Waals surface area contributed by atoms with Crippen molar-refractivity contribution in [2.75, 3.05) is 50.8 Å². The third-order valence-corrected chi connectivity index (χ3v) is 9.14. The standard InChI is InChI=1S/C24H40N3O15PS/c1-13-14(29)9-24(12-28,41-21(13)18(31)15(30)11-44-8-7-38-6-5-37-2)42-43(35,36)39-10-16-19(32)20(33)22(40-16)27-4-3-17(25)26-23(27)34/h3-4,12-16,18-22,29-33H,5-11H2,1-2H3,(H,35,36)(H2,25,26,34)/t13-,14-,15-,16?,18-,19-,20-,21?,22?,24-/m1/s1. The summed E-state index contributed by atoms with van der Waals surface area (Å²) in [5.74, 6) is -2.94. The lowest BCUT2D eigenvalue weighted by molar-refractivity contribution is -0.280. The lowest BCUT2D eigenvalue weighted by Gasteiger charge is -2.45. The van der Waals surface area contributed by atoms with E-state index in [0.29, 0.717) is 25.6 Å². The van der Waals surface area contributed by atoms with Gasteiger partial charge in [0.05, 0.1) is 44.7 Å². The van der Waals surface area contributed by atoms with Gasteiger partial charge in [0.25, 0.3) is 0 Å². The molecule has 1 aromatic rings. The highest BCUT2D eigenvalue weighted by atomic mass is 32.2. The Balaban J connectivity index is 1.60. The SMILES string of the molecule is COCCOCCSC[C@@H](O)[C@@H](O)C1O[C@@](C=O)(OP(=O)(O)OCC2OC(n3ccc(N)nc3=O)[C@H](O)[C@@H]2O)C[C@@H](O)[C@H]1C. The van der Waals surface area contributed by atoms with Crippen LogP contribution in [0.3, 0.4) is 0 Å². The van der Waals surface area contributed by atoms with Crippen LogP contribution in [0.2, 0.25) is 0 Å².